The van der Waals surface area contributed by atoms with E-state index in [4.69, 9.17) is 0 Å². The first-order chi connectivity index (χ1) is 7.16. The van der Waals surface area contributed by atoms with Crippen LogP contribution in [0.2, 0.25) is 0 Å². The molecule has 0 saturated heterocycles. The number of hydrogen-bond donors (Lipinski definition) is 0. The Balaban J connectivity index is 2.24. The summed E-state index contributed by atoms with van der Waals surface area (Å²) in [7, 11) is 2.01. The molecule has 0 fully saturated rings. The zero-order chi connectivity index (χ0) is 10.8. The van der Waals surface area contributed by atoms with E-state index in [1.54, 1.807) is 23.9 Å². The number of rotatable bonds is 2. The second-order valence-electron chi connectivity index (χ2n) is 3.33. The van der Waals surface area contributed by atoms with Gasteiger partial charge in [-0.1, -0.05) is 0 Å². The van der Waals surface area contributed by atoms with Crippen molar-refractivity contribution in [3.05, 3.63) is 46.1 Å². The molecule has 0 atom stereocenters. The van der Waals surface area contributed by atoms with Crippen molar-refractivity contribution in [3.63, 3.8) is 0 Å². The molecule has 0 aliphatic carbocycles. The first-order valence-corrected chi connectivity index (χ1v) is 5.45. The van der Waals surface area contributed by atoms with Gasteiger partial charge in [-0.05, 0) is 17.7 Å². The molecular formula is C10H10N2O2S. The Bertz CT molecular complexity index is 414. The molecule has 2 rings (SSSR count). The van der Waals surface area contributed by atoms with Crippen LogP contribution in [-0.2, 0) is 0 Å². The van der Waals surface area contributed by atoms with Crippen molar-refractivity contribution in [3.8, 4) is 0 Å². The quantitative estimate of drug-likeness (QED) is 0.570. The van der Waals surface area contributed by atoms with Gasteiger partial charge in [0.05, 0.1) is 10.8 Å². The van der Waals surface area contributed by atoms with Gasteiger partial charge in [0.1, 0.15) is 0 Å². The van der Waals surface area contributed by atoms with Crippen LogP contribution in [0.1, 0.15) is 5.56 Å². The van der Waals surface area contributed by atoms with Crippen LogP contribution in [0.5, 0.6) is 0 Å². The molecule has 0 N–H and O–H groups in total. The molecule has 0 amide bonds. The third kappa shape index (κ3) is 2.12. The molecule has 1 aliphatic rings. The largest absolute Gasteiger partial charge is 0.370 e. The highest BCUT2D eigenvalue weighted by Gasteiger charge is 2.12. The van der Waals surface area contributed by atoms with E-state index in [1.807, 2.05) is 13.2 Å². The second kappa shape index (κ2) is 3.94. The summed E-state index contributed by atoms with van der Waals surface area (Å²) >= 11 is 1.74. The lowest BCUT2D eigenvalue weighted by Crippen LogP contribution is -2.02. The minimum absolute atomic E-state index is 0.135. The first-order valence-electron chi connectivity index (χ1n) is 4.46. The number of hydrogen-bond acceptors (Lipinski definition) is 4. The number of benzene rings is 1. The fourth-order valence-corrected chi connectivity index (χ4v) is 2.33. The Morgan fingerprint density at radius 3 is 2.53 bits per heavy atom. The van der Waals surface area contributed by atoms with Gasteiger partial charge in [0.2, 0.25) is 0 Å². The van der Waals surface area contributed by atoms with Gasteiger partial charge in [0.25, 0.3) is 5.69 Å². The Morgan fingerprint density at radius 1 is 1.40 bits per heavy atom. The SMILES string of the molecule is CN1C=C(c2ccc([N+](=O)[O-])cc2)SC1. The standard InChI is InChI=1S/C10H10N2O2S/c1-11-6-10(15-7-11)8-2-4-9(5-3-8)12(13)14/h2-6H,7H2,1H3. The summed E-state index contributed by atoms with van der Waals surface area (Å²) in [5.41, 5.74) is 1.17. The molecule has 78 valence electrons. The van der Waals surface area contributed by atoms with Gasteiger partial charge in [-0.15, -0.1) is 11.8 Å². The highest BCUT2D eigenvalue weighted by molar-refractivity contribution is 8.08. The molecule has 0 unspecified atom stereocenters. The lowest BCUT2D eigenvalue weighted by Gasteiger charge is -2.01. The van der Waals surface area contributed by atoms with E-state index < -0.39 is 0 Å². The van der Waals surface area contributed by atoms with Crippen LogP contribution >= 0.6 is 11.8 Å². The molecule has 1 aromatic carbocycles. The molecule has 15 heavy (non-hydrogen) atoms. The molecule has 1 aliphatic heterocycles. The lowest BCUT2D eigenvalue weighted by atomic mass is 10.2. The van der Waals surface area contributed by atoms with Crippen LogP contribution in [0.15, 0.2) is 30.5 Å². The van der Waals surface area contributed by atoms with Crippen molar-refractivity contribution in [2.24, 2.45) is 0 Å². The van der Waals surface area contributed by atoms with Gasteiger partial charge in [0.15, 0.2) is 0 Å². The van der Waals surface area contributed by atoms with Crippen LogP contribution in [-0.4, -0.2) is 22.7 Å². The normalized spacial score (nSPS) is 15.3. The molecule has 0 saturated carbocycles. The van der Waals surface area contributed by atoms with Gasteiger partial charge in [-0.25, -0.2) is 0 Å². The van der Waals surface area contributed by atoms with Crippen LogP contribution in [0.3, 0.4) is 0 Å². The van der Waals surface area contributed by atoms with E-state index in [-0.39, 0.29) is 10.6 Å². The van der Waals surface area contributed by atoms with E-state index >= 15 is 0 Å². The third-order valence-electron chi connectivity index (χ3n) is 2.12. The zero-order valence-corrected chi connectivity index (χ0v) is 9.03. The maximum atomic E-state index is 10.5. The van der Waals surface area contributed by atoms with Gasteiger partial charge >= 0.3 is 0 Å². The topological polar surface area (TPSA) is 46.4 Å². The Morgan fingerprint density at radius 2 is 2.07 bits per heavy atom. The second-order valence-corrected chi connectivity index (χ2v) is 4.31. The molecule has 0 bridgehead atoms. The third-order valence-corrected chi connectivity index (χ3v) is 3.31. The highest BCUT2D eigenvalue weighted by atomic mass is 32.2. The van der Waals surface area contributed by atoms with Crippen molar-refractivity contribution in [1.82, 2.24) is 4.90 Å². The summed E-state index contributed by atoms with van der Waals surface area (Å²) in [6.45, 7) is 0. The molecule has 1 aromatic rings. The van der Waals surface area contributed by atoms with E-state index in [9.17, 15) is 10.1 Å². The lowest BCUT2D eigenvalue weighted by molar-refractivity contribution is -0.384. The minimum atomic E-state index is -0.383. The molecule has 0 aromatic heterocycles. The van der Waals surface area contributed by atoms with Crippen molar-refractivity contribution in [1.29, 1.82) is 0 Å². The van der Waals surface area contributed by atoms with E-state index in [2.05, 4.69) is 4.90 Å². The first kappa shape index (κ1) is 10.0. The van der Waals surface area contributed by atoms with Gasteiger partial charge in [-0.2, -0.15) is 0 Å². The van der Waals surface area contributed by atoms with E-state index in [0.717, 1.165) is 16.3 Å². The Labute approximate surface area is 91.7 Å². The van der Waals surface area contributed by atoms with Crippen molar-refractivity contribution in [2.75, 3.05) is 12.9 Å². The summed E-state index contributed by atoms with van der Waals surface area (Å²) in [4.78, 5) is 13.3. The summed E-state index contributed by atoms with van der Waals surface area (Å²) in [5, 5.41) is 10.5. The van der Waals surface area contributed by atoms with Crippen LogP contribution in [0.4, 0.5) is 5.69 Å². The van der Waals surface area contributed by atoms with Gasteiger partial charge < -0.3 is 4.90 Å². The zero-order valence-electron chi connectivity index (χ0n) is 8.21. The van der Waals surface area contributed by atoms with Crippen LogP contribution in [0.25, 0.3) is 4.91 Å². The fraction of sp³-hybridized carbons (Fsp3) is 0.200. The average molecular weight is 222 g/mol. The van der Waals surface area contributed by atoms with Crippen molar-refractivity contribution < 1.29 is 4.92 Å². The fourth-order valence-electron chi connectivity index (χ4n) is 1.35. The number of nitro benzene ring substituents is 1. The van der Waals surface area contributed by atoms with Gasteiger partial charge in [-0.3, -0.25) is 10.1 Å². The van der Waals surface area contributed by atoms with Crippen LogP contribution < -0.4 is 0 Å². The Kier molecular flexibility index (Phi) is 2.64. The maximum Gasteiger partial charge on any atom is 0.269 e. The smallest absolute Gasteiger partial charge is 0.269 e. The van der Waals surface area contributed by atoms with Crippen molar-refractivity contribution in [2.45, 2.75) is 0 Å². The summed E-state index contributed by atoms with van der Waals surface area (Å²) in [6.07, 6.45) is 2.05. The van der Waals surface area contributed by atoms with E-state index in [1.165, 1.54) is 12.1 Å². The summed E-state index contributed by atoms with van der Waals surface area (Å²) in [5.74, 6) is 0.937. The molecule has 0 spiro atoms. The number of nitrogens with zero attached hydrogens (tertiary/aromatic N) is 2. The van der Waals surface area contributed by atoms with Crippen molar-refractivity contribution >= 4 is 22.4 Å². The Hall–Kier alpha value is -1.49. The molecule has 1 heterocycles. The monoisotopic (exact) mass is 222 g/mol. The summed E-state index contributed by atoms with van der Waals surface area (Å²) in [6, 6.07) is 6.65. The van der Waals surface area contributed by atoms with E-state index in [0.29, 0.717) is 0 Å². The molecule has 5 heteroatoms. The van der Waals surface area contributed by atoms with Gasteiger partial charge in [0, 0.05) is 30.3 Å². The number of nitro groups is 1. The molecular weight excluding hydrogens is 212 g/mol. The van der Waals surface area contributed by atoms with Crippen LogP contribution in [0, 0.1) is 10.1 Å². The number of thioether (sulfide) groups is 1. The summed E-state index contributed by atoms with van der Waals surface area (Å²) < 4.78 is 0. The number of non-ortho nitro benzene ring substituents is 1. The predicted molar refractivity (Wildman–Crippen MR) is 61.3 cm³/mol. The average Bonchev–Trinajstić information content (AvgIpc) is 2.65. The molecule has 0 radical (unpaired) electrons. The maximum absolute atomic E-state index is 10.5. The molecule has 4 nitrogen and oxygen atoms in total. The highest BCUT2D eigenvalue weighted by Crippen LogP contribution is 2.33. The minimum Gasteiger partial charge on any atom is -0.370 e. The predicted octanol–water partition coefficient (Wildman–Crippen LogP) is 2.53.